The Balaban J connectivity index is 2.32. The van der Waals surface area contributed by atoms with Crippen molar-refractivity contribution in [3.05, 3.63) is 0 Å². The number of hydrogen-bond acceptors (Lipinski definition) is 3. The average Bonchev–Trinajstić information content (AvgIpc) is 2.60. The van der Waals surface area contributed by atoms with Crippen molar-refractivity contribution in [3.8, 4) is 0 Å². The molecule has 0 saturated carbocycles. The van der Waals surface area contributed by atoms with E-state index in [9.17, 15) is 4.79 Å². The van der Waals surface area contributed by atoms with Gasteiger partial charge in [0.05, 0.1) is 0 Å². The molecule has 1 fully saturated rings. The zero-order chi connectivity index (χ0) is 12.2. The Labute approximate surface area is 98.3 Å². The number of nitrogens with zero attached hydrogens (tertiary/aromatic N) is 1. The first-order valence-corrected chi connectivity index (χ1v) is 6.11. The number of carbonyl (C=O) groups is 1. The van der Waals surface area contributed by atoms with Gasteiger partial charge < -0.3 is 15.0 Å². The standard InChI is InChI=1S/C12H24N2O2/c1-5-13-8-10-6-7-14(9-10)11(15)16-12(2,3)4/h10,13H,5-9H2,1-4H3/t10-/m0/s1. The number of hydrogen-bond donors (Lipinski definition) is 1. The van der Waals surface area contributed by atoms with Crippen LogP contribution in [0.4, 0.5) is 4.79 Å². The number of rotatable bonds is 3. The molecular weight excluding hydrogens is 204 g/mol. The van der Waals surface area contributed by atoms with Crippen molar-refractivity contribution >= 4 is 6.09 Å². The van der Waals surface area contributed by atoms with Crippen LogP contribution in [0.1, 0.15) is 34.1 Å². The van der Waals surface area contributed by atoms with E-state index in [0.717, 1.165) is 32.6 Å². The molecule has 1 aliphatic rings. The Morgan fingerprint density at radius 3 is 2.75 bits per heavy atom. The summed E-state index contributed by atoms with van der Waals surface area (Å²) in [5, 5.41) is 3.32. The first kappa shape index (κ1) is 13.3. The van der Waals surface area contributed by atoms with Crippen LogP contribution < -0.4 is 5.32 Å². The van der Waals surface area contributed by atoms with Crippen LogP contribution in [0.5, 0.6) is 0 Å². The maximum absolute atomic E-state index is 11.8. The Morgan fingerprint density at radius 1 is 1.50 bits per heavy atom. The number of likely N-dealkylation sites (tertiary alicyclic amines) is 1. The molecule has 1 rings (SSSR count). The molecule has 0 aromatic rings. The van der Waals surface area contributed by atoms with Crippen LogP contribution in [0.3, 0.4) is 0 Å². The van der Waals surface area contributed by atoms with Crippen molar-refractivity contribution in [2.24, 2.45) is 5.92 Å². The quantitative estimate of drug-likeness (QED) is 0.801. The SMILES string of the molecule is CCNC[C@@H]1CCN(C(=O)OC(C)(C)C)C1. The maximum atomic E-state index is 11.8. The van der Waals surface area contributed by atoms with Gasteiger partial charge in [-0.25, -0.2) is 4.79 Å². The van der Waals surface area contributed by atoms with Crippen LogP contribution in [0.25, 0.3) is 0 Å². The van der Waals surface area contributed by atoms with Gasteiger partial charge in [0.2, 0.25) is 0 Å². The Bertz CT molecular complexity index is 236. The van der Waals surface area contributed by atoms with E-state index in [0.29, 0.717) is 5.92 Å². The molecule has 1 heterocycles. The highest BCUT2D eigenvalue weighted by Crippen LogP contribution is 2.18. The Hall–Kier alpha value is -0.770. The van der Waals surface area contributed by atoms with Gasteiger partial charge in [0.25, 0.3) is 0 Å². The largest absolute Gasteiger partial charge is 0.444 e. The lowest BCUT2D eigenvalue weighted by Crippen LogP contribution is -2.36. The second kappa shape index (κ2) is 5.53. The highest BCUT2D eigenvalue weighted by atomic mass is 16.6. The van der Waals surface area contributed by atoms with Gasteiger partial charge in [0, 0.05) is 13.1 Å². The maximum Gasteiger partial charge on any atom is 0.410 e. The fourth-order valence-corrected chi connectivity index (χ4v) is 1.84. The molecule has 0 bridgehead atoms. The molecule has 0 unspecified atom stereocenters. The van der Waals surface area contributed by atoms with Crippen molar-refractivity contribution in [2.75, 3.05) is 26.2 Å². The van der Waals surface area contributed by atoms with Gasteiger partial charge in [-0.15, -0.1) is 0 Å². The van der Waals surface area contributed by atoms with Crippen LogP contribution in [0, 0.1) is 5.92 Å². The average molecular weight is 228 g/mol. The van der Waals surface area contributed by atoms with Gasteiger partial charge in [-0.3, -0.25) is 0 Å². The van der Waals surface area contributed by atoms with E-state index in [2.05, 4.69) is 12.2 Å². The van der Waals surface area contributed by atoms with E-state index >= 15 is 0 Å². The number of amides is 1. The lowest BCUT2D eigenvalue weighted by atomic mass is 10.1. The van der Waals surface area contributed by atoms with Crippen molar-refractivity contribution in [1.29, 1.82) is 0 Å². The summed E-state index contributed by atoms with van der Waals surface area (Å²) < 4.78 is 5.34. The molecule has 1 atom stereocenters. The van der Waals surface area contributed by atoms with E-state index in [1.165, 1.54) is 0 Å². The van der Waals surface area contributed by atoms with Gasteiger partial charge >= 0.3 is 6.09 Å². The summed E-state index contributed by atoms with van der Waals surface area (Å²) >= 11 is 0. The summed E-state index contributed by atoms with van der Waals surface area (Å²) in [6, 6.07) is 0. The second-order valence-electron chi connectivity index (χ2n) is 5.39. The molecular formula is C12H24N2O2. The van der Waals surface area contributed by atoms with E-state index in [1.54, 1.807) is 0 Å². The van der Waals surface area contributed by atoms with E-state index < -0.39 is 5.60 Å². The number of nitrogens with one attached hydrogen (secondary N) is 1. The van der Waals surface area contributed by atoms with E-state index in [1.807, 2.05) is 25.7 Å². The van der Waals surface area contributed by atoms with Crippen LogP contribution in [0.2, 0.25) is 0 Å². The third-order valence-corrected chi connectivity index (χ3v) is 2.62. The van der Waals surface area contributed by atoms with Crippen molar-refractivity contribution in [2.45, 2.75) is 39.7 Å². The minimum atomic E-state index is -0.392. The highest BCUT2D eigenvalue weighted by Gasteiger charge is 2.29. The number of ether oxygens (including phenoxy) is 1. The normalized spacial score (nSPS) is 21.2. The van der Waals surface area contributed by atoms with Gasteiger partial charge in [0.1, 0.15) is 5.60 Å². The zero-order valence-corrected chi connectivity index (χ0v) is 10.9. The van der Waals surface area contributed by atoms with Crippen LogP contribution >= 0.6 is 0 Å². The monoisotopic (exact) mass is 228 g/mol. The molecule has 0 aromatic heterocycles. The molecule has 0 spiro atoms. The van der Waals surface area contributed by atoms with Gasteiger partial charge in [-0.1, -0.05) is 6.92 Å². The Kier molecular flexibility index (Phi) is 4.59. The van der Waals surface area contributed by atoms with Gasteiger partial charge in [0.15, 0.2) is 0 Å². The predicted molar refractivity (Wildman–Crippen MR) is 64.5 cm³/mol. The van der Waals surface area contributed by atoms with Crippen LogP contribution in [-0.2, 0) is 4.74 Å². The Morgan fingerprint density at radius 2 is 2.19 bits per heavy atom. The molecule has 1 amide bonds. The summed E-state index contributed by atoms with van der Waals surface area (Å²) in [4.78, 5) is 13.6. The summed E-state index contributed by atoms with van der Waals surface area (Å²) in [5.74, 6) is 0.576. The molecule has 0 aliphatic carbocycles. The van der Waals surface area contributed by atoms with Crippen LogP contribution in [0.15, 0.2) is 0 Å². The molecule has 1 saturated heterocycles. The molecule has 0 aromatic carbocycles. The topological polar surface area (TPSA) is 41.6 Å². The van der Waals surface area contributed by atoms with Crippen molar-refractivity contribution in [3.63, 3.8) is 0 Å². The van der Waals surface area contributed by atoms with E-state index in [4.69, 9.17) is 4.74 Å². The predicted octanol–water partition coefficient (Wildman–Crippen LogP) is 1.85. The summed E-state index contributed by atoms with van der Waals surface area (Å²) in [5.41, 5.74) is -0.392. The number of carbonyl (C=O) groups excluding carboxylic acids is 1. The van der Waals surface area contributed by atoms with Crippen LogP contribution in [-0.4, -0.2) is 42.8 Å². The molecule has 1 aliphatic heterocycles. The summed E-state index contributed by atoms with van der Waals surface area (Å²) in [7, 11) is 0. The summed E-state index contributed by atoms with van der Waals surface area (Å²) in [6.45, 7) is 11.4. The molecule has 1 N–H and O–H groups in total. The highest BCUT2D eigenvalue weighted by molar-refractivity contribution is 5.68. The molecule has 0 radical (unpaired) electrons. The fraction of sp³-hybridized carbons (Fsp3) is 0.917. The smallest absolute Gasteiger partial charge is 0.410 e. The zero-order valence-electron chi connectivity index (χ0n) is 10.9. The van der Waals surface area contributed by atoms with Crippen molar-refractivity contribution < 1.29 is 9.53 Å². The summed E-state index contributed by atoms with van der Waals surface area (Å²) in [6.07, 6.45) is 0.901. The first-order valence-electron chi connectivity index (χ1n) is 6.11. The van der Waals surface area contributed by atoms with Gasteiger partial charge in [-0.05, 0) is 46.2 Å². The molecule has 4 heteroatoms. The minimum absolute atomic E-state index is 0.175. The minimum Gasteiger partial charge on any atom is -0.444 e. The fourth-order valence-electron chi connectivity index (χ4n) is 1.84. The molecule has 16 heavy (non-hydrogen) atoms. The van der Waals surface area contributed by atoms with Crippen molar-refractivity contribution in [1.82, 2.24) is 10.2 Å². The van der Waals surface area contributed by atoms with Gasteiger partial charge in [-0.2, -0.15) is 0 Å². The molecule has 4 nitrogen and oxygen atoms in total. The second-order valence-corrected chi connectivity index (χ2v) is 5.39. The third kappa shape index (κ3) is 4.39. The van der Waals surface area contributed by atoms with E-state index in [-0.39, 0.29) is 6.09 Å². The lowest BCUT2D eigenvalue weighted by molar-refractivity contribution is 0.0288. The molecule has 94 valence electrons. The third-order valence-electron chi connectivity index (χ3n) is 2.62. The lowest BCUT2D eigenvalue weighted by Gasteiger charge is -2.24. The first-order chi connectivity index (χ1) is 7.42.